The van der Waals surface area contributed by atoms with Crippen molar-refractivity contribution in [3.8, 4) is 0 Å². The number of sulfonamides is 1. The topological polar surface area (TPSA) is 59.1 Å². The van der Waals surface area contributed by atoms with E-state index in [4.69, 9.17) is 11.6 Å². The minimum atomic E-state index is -4.04. The van der Waals surface area contributed by atoms with Crippen molar-refractivity contribution in [1.82, 2.24) is 4.98 Å². The fourth-order valence-corrected chi connectivity index (χ4v) is 2.95. The van der Waals surface area contributed by atoms with E-state index in [9.17, 15) is 12.8 Å². The average molecular weight is 366 g/mol. The van der Waals surface area contributed by atoms with Gasteiger partial charge in [0.2, 0.25) is 0 Å². The molecule has 0 saturated carbocycles. The van der Waals surface area contributed by atoms with Crippen LogP contribution in [-0.4, -0.2) is 13.4 Å². The van der Waals surface area contributed by atoms with Crippen LogP contribution in [0.25, 0.3) is 0 Å². The highest BCUT2D eigenvalue weighted by Gasteiger charge is 2.20. The molecule has 2 aromatic rings. The molecule has 1 N–H and O–H groups in total. The molecule has 0 saturated heterocycles. The van der Waals surface area contributed by atoms with Crippen LogP contribution in [0.4, 0.5) is 10.1 Å². The maximum Gasteiger partial charge on any atom is 0.264 e. The Bertz CT molecular complexity index is 707. The van der Waals surface area contributed by atoms with Gasteiger partial charge in [0, 0.05) is 0 Å². The van der Waals surface area contributed by atoms with E-state index in [-0.39, 0.29) is 10.7 Å². The van der Waals surface area contributed by atoms with Crippen molar-refractivity contribution < 1.29 is 12.8 Å². The number of rotatable bonds is 3. The molecule has 0 atom stereocenters. The molecule has 8 heteroatoms. The molecule has 1 aromatic carbocycles. The summed E-state index contributed by atoms with van der Waals surface area (Å²) in [6.07, 6.45) is 1.31. The highest BCUT2D eigenvalue weighted by atomic mass is 79.9. The lowest BCUT2D eigenvalue weighted by Gasteiger charge is -2.09. The summed E-state index contributed by atoms with van der Waals surface area (Å²) in [5.74, 6) is -0.985. The standard InChI is InChI=1S/C11H7BrClFN2O2S/c12-10-5-4-7(6-15-10)16-19(17,18)9-3-1-2-8(13)11(9)14/h1-6,16H. The molecule has 19 heavy (non-hydrogen) atoms. The maximum absolute atomic E-state index is 13.7. The molecule has 0 spiro atoms. The summed E-state index contributed by atoms with van der Waals surface area (Å²) in [5, 5.41) is -0.253. The van der Waals surface area contributed by atoms with Gasteiger partial charge in [0.25, 0.3) is 10.0 Å². The van der Waals surface area contributed by atoms with E-state index >= 15 is 0 Å². The van der Waals surface area contributed by atoms with Crippen molar-refractivity contribution in [2.24, 2.45) is 0 Å². The van der Waals surface area contributed by atoms with E-state index in [1.54, 1.807) is 6.07 Å². The fraction of sp³-hybridized carbons (Fsp3) is 0. The lowest BCUT2D eigenvalue weighted by Crippen LogP contribution is -2.14. The third kappa shape index (κ3) is 3.23. The first-order valence-electron chi connectivity index (χ1n) is 4.98. The number of hydrogen-bond acceptors (Lipinski definition) is 3. The first kappa shape index (κ1) is 14.2. The lowest BCUT2D eigenvalue weighted by atomic mass is 10.3. The van der Waals surface area contributed by atoms with E-state index in [0.717, 1.165) is 6.07 Å². The smallest absolute Gasteiger partial charge is 0.264 e. The normalized spacial score (nSPS) is 11.3. The van der Waals surface area contributed by atoms with Gasteiger partial charge in [-0.05, 0) is 40.2 Å². The Balaban J connectivity index is 2.38. The summed E-state index contributed by atoms with van der Waals surface area (Å²) in [6.45, 7) is 0. The second-order valence-electron chi connectivity index (χ2n) is 3.53. The van der Waals surface area contributed by atoms with Crippen LogP contribution in [0.2, 0.25) is 5.02 Å². The number of nitrogens with one attached hydrogen (secondary N) is 1. The van der Waals surface area contributed by atoms with Crippen molar-refractivity contribution in [2.45, 2.75) is 4.90 Å². The molecule has 4 nitrogen and oxygen atoms in total. The average Bonchev–Trinajstić information content (AvgIpc) is 2.35. The highest BCUT2D eigenvalue weighted by Crippen LogP contribution is 2.24. The zero-order valence-corrected chi connectivity index (χ0v) is 12.4. The van der Waals surface area contributed by atoms with Crippen molar-refractivity contribution in [2.75, 3.05) is 4.72 Å². The molecular weight excluding hydrogens is 359 g/mol. The Hall–Kier alpha value is -1.18. The van der Waals surface area contributed by atoms with Crippen LogP contribution in [0.15, 0.2) is 46.0 Å². The highest BCUT2D eigenvalue weighted by molar-refractivity contribution is 9.10. The van der Waals surface area contributed by atoms with Crippen molar-refractivity contribution in [1.29, 1.82) is 0 Å². The Morgan fingerprint density at radius 3 is 2.63 bits per heavy atom. The van der Waals surface area contributed by atoms with Gasteiger partial charge < -0.3 is 0 Å². The van der Waals surface area contributed by atoms with Crippen molar-refractivity contribution in [3.05, 3.63) is 52.0 Å². The number of hydrogen-bond donors (Lipinski definition) is 1. The van der Waals surface area contributed by atoms with Crippen LogP contribution in [0.1, 0.15) is 0 Å². The molecule has 0 radical (unpaired) electrons. The van der Waals surface area contributed by atoms with E-state index < -0.39 is 20.7 Å². The lowest BCUT2D eigenvalue weighted by molar-refractivity contribution is 0.570. The monoisotopic (exact) mass is 364 g/mol. The van der Waals surface area contributed by atoms with Crippen molar-refractivity contribution in [3.63, 3.8) is 0 Å². The molecule has 0 amide bonds. The zero-order chi connectivity index (χ0) is 14.0. The first-order chi connectivity index (χ1) is 8.90. The molecule has 0 aliphatic heterocycles. The Labute approximate surface area is 122 Å². The Morgan fingerprint density at radius 2 is 2.00 bits per heavy atom. The predicted octanol–water partition coefficient (Wildman–Crippen LogP) is 3.44. The molecule has 0 bridgehead atoms. The second-order valence-corrected chi connectivity index (χ2v) is 6.40. The number of nitrogens with zero attached hydrogens (tertiary/aromatic N) is 1. The van der Waals surface area contributed by atoms with E-state index in [1.165, 1.54) is 24.4 Å². The molecular formula is C11H7BrClFN2O2S. The second kappa shape index (κ2) is 5.44. The molecule has 2 rings (SSSR count). The van der Waals surface area contributed by atoms with Gasteiger partial charge in [-0.2, -0.15) is 0 Å². The minimum absolute atomic E-state index is 0.225. The quantitative estimate of drug-likeness (QED) is 0.848. The summed E-state index contributed by atoms with van der Waals surface area (Å²) >= 11 is 8.68. The molecule has 0 fully saturated rings. The van der Waals surface area contributed by atoms with E-state index in [0.29, 0.717) is 4.60 Å². The molecule has 1 aromatic heterocycles. The molecule has 0 aliphatic carbocycles. The van der Waals surface area contributed by atoms with Gasteiger partial charge in [-0.3, -0.25) is 4.72 Å². The molecule has 0 unspecified atom stereocenters. The van der Waals surface area contributed by atoms with Gasteiger partial charge in [0.05, 0.1) is 16.9 Å². The van der Waals surface area contributed by atoms with E-state index in [2.05, 4.69) is 25.6 Å². The van der Waals surface area contributed by atoms with Crippen LogP contribution in [0, 0.1) is 5.82 Å². The third-order valence-electron chi connectivity index (χ3n) is 2.19. The van der Waals surface area contributed by atoms with Crippen LogP contribution >= 0.6 is 27.5 Å². The van der Waals surface area contributed by atoms with Gasteiger partial charge in [0.15, 0.2) is 5.82 Å². The van der Waals surface area contributed by atoms with Gasteiger partial charge in [-0.25, -0.2) is 17.8 Å². The van der Waals surface area contributed by atoms with Gasteiger partial charge >= 0.3 is 0 Å². The van der Waals surface area contributed by atoms with Crippen molar-refractivity contribution >= 4 is 43.2 Å². The SMILES string of the molecule is O=S(=O)(Nc1ccc(Br)nc1)c1cccc(Cl)c1F. The van der Waals surface area contributed by atoms with Crippen LogP contribution in [0.5, 0.6) is 0 Å². The van der Waals surface area contributed by atoms with Gasteiger partial charge in [-0.15, -0.1) is 0 Å². The first-order valence-corrected chi connectivity index (χ1v) is 7.64. The van der Waals surface area contributed by atoms with Crippen LogP contribution < -0.4 is 4.72 Å². The summed E-state index contributed by atoms with van der Waals surface area (Å²) in [6, 6.07) is 6.83. The third-order valence-corrected chi connectivity index (χ3v) is 4.35. The summed E-state index contributed by atoms with van der Waals surface area (Å²) in [4.78, 5) is 3.36. The summed E-state index contributed by atoms with van der Waals surface area (Å²) in [5.41, 5.74) is 0.225. The number of benzene rings is 1. The van der Waals surface area contributed by atoms with E-state index in [1.807, 2.05) is 0 Å². The van der Waals surface area contributed by atoms with Gasteiger partial charge in [-0.1, -0.05) is 17.7 Å². The molecule has 0 aliphatic rings. The number of anilines is 1. The zero-order valence-electron chi connectivity index (χ0n) is 9.27. The fourth-order valence-electron chi connectivity index (χ4n) is 1.34. The number of pyridine rings is 1. The van der Waals surface area contributed by atoms with Crippen LogP contribution in [-0.2, 0) is 10.0 Å². The number of halogens is 3. The number of aromatic nitrogens is 1. The largest absolute Gasteiger partial charge is 0.278 e. The Morgan fingerprint density at radius 1 is 1.26 bits per heavy atom. The molecule has 100 valence electrons. The summed E-state index contributed by atoms with van der Waals surface area (Å²) < 4.78 is 40.5. The predicted molar refractivity (Wildman–Crippen MR) is 74.2 cm³/mol. The Kier molecular flexibility index (Phi) is 4.07. The van der Waals surface area contributed by atoms with Crippen LogP contribution in [0.3, 0.4) is 0 Å². The molecule has 1 heterocycles. The maximum atomic E-state index is 13.7. The van der Waals surface area contributed by atoms with Gasteiger partial charge in [0.1, 0.15) is 9.50 Å². The minimum Gasteiger partial charge on any atom is -0.278 e. The summed E-state index contributed by atoms with van der Waals surface area (Å²) in [7, 11) is -4.04.